The van der Waals surface area contributed by atoms with Crippen molar-refractivity contribution in [2.24, 2.45) is 11.8 Å². The highest BCUT2D eigenvalue weighted by molar-refractivity contribution is 6.08. The molecular weight excluding hydrogens is 360 g/mol. The Morgan fingerprint density at radius 2 is 1.75 bits per heavy atom. The summed E-state index contributed by atoms with van der Waals surface area (Å²) in [5.74, 6) is -0.702. The predicted octanol–water partition coefficient (Wildman–Crippen LogP) is 2.16. The quantitative estimate of drug-likeness (QED) is 0.632. The number of fused-ring (bicyclic) bond motifs is 1. The maximum absolute atomic E-state index is 12.4. The molecule has 1 fully saturated rings. The standard InChI is InChI=1S/C20H18N4O4/c25-17(12-24-19(26)15-3-1-2-4-16(15)20(24)27)23-13-5-7-14(8-6-13)28-18-11-21-9-10-22-18/h1-2,5-11,15-16H,3-4,12H2,(H,23,25)/t15-,16-/m1/s1. The number of hydrogen-bond donors (Lipinski definition) is 1. The summed E-state index contributed by atoms with van der Waals surface area (Å²) in [6.45, 7) is -0.275. The molecule has 3 amide bonds. The molecule has 0 spiro atoms. The van der Waals surface area contributed by atoms with Crippen LogP contribution in [-0.4, -0.2) is 39.1 Å². The van der Waals surface area contributed by atoms with E-state index in [4.69, 9.17) is 4.74 Å². The van der Waals surface area contributed by atoms with Crippen molar-refractivity contribution in [2.75, 3.05) is 11.9 Å². The van der Waals surface area contributed by atoms with E-state index in [1.54, 1.807) is 30.5 Å². The second-order valence-electron chi connectivity index (χ2n) is 6.64. The molecule has 1 N–H and O–H groups in total. The summed E-state index contributed by atoms with van der Waals surface area (Å²) in [5, 5.41) is 2.70. The van der Waals surface area contributed by atoms with Gasteiger partial charge in [-0.1, -0.05) is 12.2 Å². The van der Waals surface area contributed by atoms with Gasteiger partial charge in [0.05, 0.1) is 18.0 Å². The van der Waals surface area contributed by atoms with E-state index in [1.807, 2.05) is 12.2 Å². The van der Waals surface area contributed by atoms with Gasteiger partial charge in [0.2, 0.25) is 23.6 Å². The summed E-state index contributed by atoms with van der Waals surface area (Å²) in [7, 11) is 0. The highest BCUT2D eigenvalue weighted by Gasteiger charge is 2.47. The Labute approximate surface area is 161 Å². The van der Waals surface area contributed by atoms with E-state index >= 15 is 0 Å². The number of rotatable bonds is 5. The molecule has 1 aromatic heterocycles. The molecule has 0 saturated carbocycles. The zero-order valence-corrected chi connectivity index (χ0v) is 14.9. The van der Waals surface area contributed by atoms with Gasteiger partial charge in [-0.25, -0.2) is 4.98 Å². The number of imide groups is 1. The third-order valence-corrected chi connectivity index (χ3v) is 4.80. The Bertz CT molecular complexity index is 901. The molecule has 2 aromatic rings. The molecule has 1 aromatic carbocycles. The molecule has 2 heterocycles. The number of aromatic nitrogens is 2. The van der Waals surface area contributed by atoms with E-state index in [-0.39, 0.29) is 30.2 Å². The summed E-state index contributed by atoms with van der Waals surface area (Å²) >= 11 is 0. The van der Waals surface area contributed by atoms with E-state index in [0.29, 0.717) is 30.2 Å². The minimum absolute atomic E-state index is 0.262. The van der Waals surface area contributed by atoms with Crippen molar-refractivity contribution >= 4 is 23.4 Å². The molecular formula is C20H18N4O4. The van der Waals surface area contributed by atoms with Crippen LogP contribution in [0.1, 0.15) is 12.8 Å². The molecule has 8 nitrogen and oxygen atoms in total. The summed E-state index contributed by atoms with van der Waals surface area (Å²) in [5.41, 5.74) is 0.537. The lowest BCUT2D eigenvalue weighted by Gasteiger charge is -2.14. The largest absolute Gasteiger partial charge is 0.438 e. The van der Waals surface area contributed by atoms with E-state index in [2.05, 4.69) is 15.3 Å². The van der Waals surface area contributed by atoms with E-state index in [1.165, 1.54) is 12.4 Å². The Kier molecular flexibility index (Phi) is 4.84. The van der Waals surface area contributed by atoms with Crippen LogP contribution in [0.3, 0.4) is 0 Å². The van der Waals surface area contributed by atoms with Crippen LogP contribution >= 0.6 is 0 Å². The van der Waals surface area contributed by atoms with Crippen LogP contribution in [0.5, 0.6) is 11.6 Å². The Morgan fingerprint density at radius 3 is 2.36 bits per heavy atom. The Hall–Kier alpha value is -3.55. The van der Waals surface area contributed by atoms with E-state index in [0.717, 1.165) is 4.90 Å². The lowest BCUT2D eigenvalue weighted by molar-refractivity contribution is -0.142. The van der Waals surface area contributed by atoms with Crippen molar-refractivity contribution in [3.8, 4) is 11.6 Å². The minimum atomic E-state index is -0.420. The second kappa shape index (κ2) is 7.59. The third-order valence-electron chi connectivity index (χ3n) is 4.80. The van der Waals surface area contributed by atoms with Gasteiger partial charge in [-0.2, -0.15) is 0 Å². The lowest BCUT2D eigenvalue weighted by atomic mass is 9.85. The van der Waals surface area contributed by atoms with Crippen LogP contribution in [0.2, 0.25) is 0 Å². The number of nitrogens with zero attached hydrogens (tertiary/aromatic N) is 3. The van der Waals surface area contributed by atoms with Crippen LogP contribution in [0.25, 0.3) is 0 Å². The van der Waals surface area contributed by atoms with Crippen LogP contribution in [0.15, 0.2) is 55.0 Å². The van der Waals surface area contributed by atoms with Crippen molar-refractivity contribution in [3.05, 3.63) is 55.0 Å². The van der Waals surface area contributed by atoms with Gasteiger partial charge >= 0.3 is 0 Å². The number of ether oxygens (including phenoxy) is 1. The monoisotopic (exact) mass is 378 g/mol. The lowest BCUT2D eigenvalue weighted by Crippen LogP contribution is -2.38. The van der Waals surface area contributed by atoms with Gasteiger partial charge in [0, 0.05) is 18.1 Å². The molecule has 1 aliphatic heterocycles. The molecule has 1 aliphatic carbocycles. The fourth-order valence-electron chi connectivity index (χ4n) is 3.43. The van der Waals surface area contributed by atoms with Crippen molar-refractivity contribution in [1.82, 2.24) is 14.9 Å². The second-order valence-corrected chi connectivity index (χ2v) is 6.64. The van der Waals surface area contributed by atoms with Gasteiger partial charge in [-0.3, -0.25) is 24.3 Å². The summed E-state index contributed by atoms with van der Waals surface area (Å²) in [6.07, 6.45) is 9.51. The number of likely N-dealkylation sites (tertiary alicyclic amines) is 1. The molecule has 142 valence electrons. The predicted molar refractivity (Wildman–Crippen MR) is 99.3 cm³/mol. The maximum Gasteiger partial charge on any atom is 0.244 e. The van der Waals surface area contributed by atoms with Gasteiger partial charge in [0.1, 0.15) is 12.3 Å². The number of hydrogen-bond acceptors (Lipinski definition) is 6. The van der Waals surface area contributed by atoms with Gasteiger partial charge in [-0.15, -0.1) is 0 Å². The Balaban J connectivity index is 1.35. The van der Waals surface area contributed by atoms with E-state index in [9.17, 15) is 14.4 Å². The topological polar surface area (TPSA) is 101 Å². The first-order chi connectivity index (χ1) is 13.6. The molecule has 1 saturated heterocycles. The van der Waals surface area contributed by atoms with Gasteiger partial charge in [0.15, 0.2) is 0 Å². The molecule has 8 heteroatoms. The molecule has 4 rings (SSSR count). The van der Waals surface area contributed by atoms with Crippen molar-refractivity contribution in [1.29, 1.82) is 0 Å². The first-order valence-corrected chi connectivity index (χ1v) is 8.96. The number of allylic oxidation sites excluding steroid dienone is 2. The highest BCUT2D eigenvalue weighted by Crippen LogP contribution is 2.34. The third kappa shape index (κ3) is 3.62. The molecule has 0 unspecified atom stereocenters. The maximum atomic E-state index is 12.4. The van der Waals surface area contributed by atoms with Gasteiger partial charge in [0.25, 0.3) is 0 Å². The van der Waals surface area contributed by atoms with Crippen molar-refractivity contribution in [3.63, 3.8) is 0 Å². The SMILES string of the molecule is O=C(CN1C(=O)[C@@H]2CC=CC[C@H]2C1=O)Nc1ccc(Oc2cnccn2)cc1. The summed E-state index contributed by atoms with van der Waals surface area (Å²) in [6, 6.07) is 6.69. The van der Waals surface area contributed by atoms with Crippen LogP contribution < -0.4 is 10.1 Å². The number of anilines is 1. The molecule has 2 atom stereocenters. The van der Waals surface area contributed by atoms with E-state index < -0.39 is 5.91 Å². The number of amides is 3. The fourth-order valence-corrected chi connectivity index (χ4v) is 3.43. The molecule has 0 radical (unpaired) electrons. The molecule has 0 bridgehead atoms. The van der Waals surface area contributed by atoms with Crippen molar-refractivity contribution < 1.29 is 19.1 Å². The minimum Gasteiger partial charge on any atom is -0.438 e. The van der Waals surface area contributed by atoms with Crippen LogP contribution in [0.4, 0.5) is 5.69 Å². The molecule has 2 aliphatic rings. The zero-order chi connectivity index (χ0) is 19.5. The first-order valence-electron chi connectivity index (χ1n) is 8.96. The first kappa shape index (κ1) is 17.8. The van der Waals surface area contributed by atoms with Crippen LogP contribution in [-0.2, 0) is 14.4 Å². The summed E-state index contributed by atoms with van der Waals surface area (Å²) < 4.78 is 5.54. The number of benzene rings is 1. The number of nitrogens with one attached hydrogen (secondary N) is 1. The smallest absolute Gasteiger partial charge is 0.244 e. The van der Waals surface area contributed by atoms with Gasteiger partial charge < -0.3 is 10.1 Å². The molecule has 28 heavy (non-hydrogen) atoms. The zero-order valence-electron chi connectivity index (χ0n) is 14.9. The average Bonchev–Trinajstić information content (AvgIpc) is 2.95. The average molecular weight is 378 g/mol. The number of carbonyl (C=O) groups excluding carboxylic acids is 3. The normalized spacial score (nSPS) is 20.8. The Morgan fingerprint density at radius 1 is 1.07 bits per heavy atom. The fraction of sp³-hybridized carbons (Fsp3) is 0.250. The van der Waals surface area contributed by atoms with Gasteiger partial charge in [-0.05, 0) is 37.1 Å². The summed E-state index contributed by atoms with van der Waals surface area (Å²) in [4.78, 5) is 46.2. The van der Waals surface area contributed by atoms with Crippen molar-refractivity contribution in [2.45, 2.75) is 12.8 Å². The highest BCUT2D eigenvalue weighted by atomic mass is 16.5. The number of carbonyl (C=O) groups is 3. The van der Waals surface area contributed by atoms with Crippen LogP contribution in [0, 0.1) is 11.8 Å².